The van der Waals surface area contributed by atoms with E-state index in [-0.39, 0.29) is 11.7 Å². The predicted molar refractivity (Wildman–Crippen MR) is 62.5 cm³/mol. The number of benzene rings is 1. The predicted octanol–water partition coefficient (Wildman–Crippen LogP) is 3.21. The van der Waals surface area contributed by atoms with Crippen LogP contribution in [0.5, 0.6) is 5.75 Å². The lowest BCUT2D eigenvalue weighted by molar-refractivity contribution is -0.0381. The van der Waals surface area contributed by atoms with Crippen LogP contribution in [0.4, 0.5) is 0 Å². The minimum Gasteiger partial charge on any atom is -0.487 e. The number of hydrogen-bond acceptors (Lipinski definition) is 2. The van der Waals surface area contributed by atoms with E-state index in [1.807, 2.05) is 24.3 Å². The van der Waals surface area contributed by atoms with Gasteiger partial charge in [0.05, 0.1) is 6.10 Å². The quantitative estimate of drug-likeness (QED) is 0.724. The van der Waals surface area contributed by atoms with Gasteiger partial charge < -0.3 is 9.84 Å². The van der Waals surface area contributed by atoms with Crippen LogP contribution in [0.15, 0.2) is 24.3 Å². The normalized spacial score (nSPS) is 27.2. The van der Waals surface area contributed by atoms with E-state index in [0.29, 0.717) is 0 Å². The molecule has 1 aromatic rings. The maximum atomic E-state index is 10.2. The summed E-state index contributed by atoms with van der Waals surface area (Å²) in [6.07, 6.45) is 6.39. The molecule has 86 valence electrons. The molecule has 1 N–H and O–H groups in total. The molecule has 0 aromatic heterocycles. The Labute approximate surface area is 96.2 Å². The zero-order valence-corrected chi connectivity index (χ0v) is 9.48. The Morgan fingerprint density at radius 3 is 2.69 bits per heavy atom. The van der Waals surface area contributed by atoms with Crippen molar-refractivity contribution in [1.82, 2.24) is 0 Å². The molecule has 1 aliphatic carbocycles. The van der Waals surface area contributed by atoms with Crippen molar-refractivity contribution in [3.05, 3.63) is 29.8 Å². The third kappa shape index (κ3) is 1.61. The maximum absolute atomic E-state index is 10.2. The zero-order chi connectivity index (χ0) is 11.0. The zero-order valence-electron chi connectivity index (χ0n) is 9.48. The summed E-state index contributed by atoms with van der Waals surface area (Å²) in [5.41, 5.74) is 0.880. The fraction of sp³-hybridized carbons (Fsp3) is 0.571. The Balaban J connectivity index is 1.93. The summed E-state index contributed by atoms with van der Waals surface area (Å²) in [6, 6.07) is 7.89. The van der Waals surface area contributed by atoms with Crippen LogP contribution in [0.25, 0.3) is 0 Å². The number of aliphatic hydroxyl groups is 1. The van der Waals surface area contributed by atoms with E-state index in [9.17, 15) is 5.11 Å². The molecule has 1 atom stereocenters. The van der Waals surface area contributed by atoms with Crippen LogP contribution < -0.4 is 4.74 Å². The first-order valence-electron chi connectivity index (χ1n) is 6.25. The van der Waals surface area contributed by atoms with Gasteiger partial charge in [0, 0.05) is 12.0 Å². The summed E-state index contributed by atoms with van der Waals surface area (Å²) < 4.78 is 6.17. The third-order valence-electron chi connectivity index (χ3n) is 3.93. The molecular formula is C14H18O2. The maximum Gasteiger partial charge on any atom is 0.125 e. The van der Waals surface area contributed by atoms with Gasteiger partial charge in [-0.05, 0) is 31.7 Å². The summed E-state index contributed by atoms with van der Waals surface area (Å²) in [7, 11) is 0. The van der Waals surface area contributed by atoms with Crippen molar-refractivity contribution in [3.63, 3.8) is 0 Å². The molecule has 1 aromatic carbocycles. The average molecular weight is 218 g/mol. The first kappa shape index (κ1) is 10.2. The number of aliphatic hydroxyl groups excluding tert-OH is 1. The molecule has 0 amide bonds. The van der Waals surface area contributed by atoms with E-state index in [1.165, 1.54) is 19.3 Å². The molecule has 1 saturated carbocycles. The standard InChI is InChI=1S/C14H18O2/c15-12-10-14(8-4-1-5-9-14)16-13-7-3-2-6-11(12)13/h2-3,6-7,12,15H,1,4-5,8-10H2/t12-/m0/s1. The van der Waals surface area contributed by atoms with E-state index in [4.69, 9.17) is 4.74 Å². The van der Waals surface area contributed by atoms with Crippen molar-refractivity contribution in [2.45, 2.75) is 50.2 Å². The van der Waals surface area contributed by atoms with Crippen LogP contribution in [0.3, 0.4) is 0 Å². The summed E-state index contributed by atoms with van der Waals surface area (Å²) in [5.74, 6) is 0.892. The molecule has 1 heterocycles. The molecule has 0 radical (unpaired) electrons. The Hall–Kier alpha value is -1.02. The molecule has 1 fully saturated rings. The van der Waals surface area contributed by atoms with Gasteiger partial charge in [0.15, 0.2) is 0 Å². The highest BCUT2D eigenvalue weighted by molar-refractivity contribution is 5.38. The third-order valence-corrected chi connectivity index (χ3v) is 3.93. The van der Waals surface area contributed by atoms with Gasteiger partial charge in [-0.2, -0.15) is 0 Å². The summed E-state index contributed by atoms with van der Waals surface area (Å²) in [5, 5.41) is 10.2. The fourth-order valence-corrected chi connectivity index (χ4v) is 3.09. The SMILES string of the molecule is O[C@H]1CC2(CCCCC2)Oc2ccccc21. The Bertz CT molecular complexity index is 380. The molecule has 0 bridgehead atoms. The molecule has 16 heavy (non-hydrogen) atoms. The smallest absolute Gasteiger partial charge is 0.125 e. The summed E-state index contributed by atoms with van der Waals surface area (Å²) in [4.78, 5) is 0. The van der Waals surface area contributed by atoms with Gasteiger partial charge in [0.1, 0.15) is 11.4 Å². The van der Waals surface area contributed by atoms with Crippen LogP contribution in [-0.2, 0) is 0 Å². The van der Waals surface area contributed by atoms with Gasteiger partial charge in [0.2, 0.25) is 0 Å². The van der Waals surface area contributed by atoms with Gasteiger partial charge in [-0.15, -0.1) is 0 Å². The highest BCUT2D eigenvalue weighted by atomic mass is 16.5. The number of ether oxygens (including phenoxy) is 1. The van der Waals surface area contributed by atoms with E-state index in [0.717, 1.165) is 30.6 Å². The minimum absolute atomic E-state index is 0.0774. The highest BCUT2D eigenvalue weighted by Crippen LogP contribution is 2.45. The lowest BCUT2D eigenvalue weighted by atomic mass is 9.78. The second-order valence-corrected chi connectivity index (χ2v) is 5.10. The van der Waals surface area contributed by atoms with Crippen molar-refractivity contribution in [2.24, 2.45) is 0 Å². The van der Waals surface area contributed by atoms with E-state index in [2.05, 4.69) is 0 Å². The van der Waals surface area contributed by atoms with Crippen molar-refractivity contribution >= 4 is 0 Å². The van der Waals surface area contributed by atoms with Crippen molar-refractivity contribution < 1.29 is 9.84 Å². The lowest BCUT2D eigenvalue weighted by Crippen LogP contribution is -2.42. The van der Waals surface area contributed by atoms with Crippen LogP contribution in [0.2, 0.25) is 0 Å². The van der Waals surface area contributed by atoms with Gasteiger partial charge in [-0.25, -0.2) is 0 Å². The second kappa shape index (κ2) is 3.77. The molecule has 2 heteroatoms. The monoisotopic (exact) mass is 218 g/mol. The highest BCUT2D eigenvalue weighted by Gasteiger charge is 2.40. The minimum atomic E-state index is -0.344. The van der Waals surface area contributed by atoms with Crippen molar-refractivity contribution in [1.29, 1.82) is 0 Å². The average Bonchev–Trinajstić information content (AvgIpc) is 2.30. The molecule has 2 nitrogen and oxygen atoms in total. The van der Waals surface area contributed by atoms with Crippen LogP contribution in [0, 0.1) is 0 Å². The molecule has 0 unspecified atom stereocenters. The second-order valence-electron chi connectivity index (χ2n) is 5.10. The molecule has 0 saturated heterocycles. The Morgan fingerprint density at radius 2 is 1.88 bits per heavy atom. The largest absolute Gasteiger partial charge is 0.487 e. The summed E-state index contributed by atoms with van der Waals surface area (Å²) in [6.45, 7) is 0. The summed E-state index contributed by atoms with van der Waals surface area (Å²) >= 11 is 0. The van der Waals surface area contributed by atoms with Crippen molar-refractivity contribution in [3.8, 4) is 5.75 Å². The molecular weight excluding hydrogens is 200 g/mol. The Kier molecular flexibility index (Phi) is 2.40. The van der Waals surface area contributed by atoms with Crippen LogP contribution in [-0.4, -0.2) is 10.7 Å². The molecule has 1 spiro atoms. The van der Waals surface area contributed by atoms with E-state index < -0.39 is 0 Å². The molecule has 2 aliphatic rings. The van der Waals surface area contributed by atoms with Gasteiger partial charge in [-0.3, -0.25) is 0 Å². The van der Waals surface area contributed by atoms with E-state index in [1.54, 1.807) is 0 Å². The van der Waals surface area contributed by atoms with Gasteiger partial charge >= 0.3 is 0 Å². The Morgan fingerprint density at radius 1 is 1.12 bits per heavy atom. The first-order chi connectivity index (χ1) is 7.79. The number of para-hydroxylation sites is 1. The van der Waals surface area contributed by atoms with Gasteiger partial charge in [-0.1, -0.05) is 24.6 Å². The van der Waals surface area contributed by atoms with Crippen LogP contribution in [0.1, 0.15) is 50.2 Å². The lowest BCUT2D eigenvalue weighted by Gasteiger charge is -2.43. The first-order valence-corrected chi connectivity index (χ1v) is 6.25. The van der Waals surface area contributed by atoms with Crippen molar-refractivity contribution in [2.75, 3.05) is 0 Å². The fourth-order valence-electron chi connectivity index (χ4n) is 3.09. The van der Waals surface area contributed by atoms with E-state index >= 15 is 0 Å². The van der Waals surface area contributed by atoms with Gasteiger partial charge in [0.25, 0.3) is 0 Å². The number of rotatable bonds is 0. The number of fused-ring (bicyclic) bond motifs is 1. The number of hydrogen-bond donors (Lipinski definition) is 1. The van der Waals surface area contributed by atoms with Crippen LogP contribution >= 0.6 is 0 Å². The topological polar surface area (TPSA) is 29.5 Å². The molecule has 3 rings (SSSR count). The molecule has 1 aliphatic heterocycles.